The van der Waals surface area contributed by atoms with E-state index in [4.69, 9.17) is 5.21 Å². The number of carbonyl (C=O) groups excluding carboxylic acids is 1. The molecule has 26 heavy (non-hydrogen) atoms. The molecule has 2 N–H and O–H groups in total. The summed E-state index contributed by atoms with van der Waals surface area (Å²) in [5, 5.41) is 25.4. The van der Waals surface area contributed by atoms with Crippen LogP contribution >= 0.6 is 0 Å². The highest BCUT2D eigenvalue weighted by Crippen LogP contribution is 2.65. The number of rotatable bonds is 1. The highest BCUT2D eigenvalue weighted by atomic mass is 16.4. The van der Waals surface area contributed by atoms with Gasteiger partial charge in [-0.05, 0) is 74.2 Å². The van der Waals surface area contributed by atoms with E-state index in [1.807, 2.05) is 13.0 Å². The topological polar surface area (TPSA) is 82.2 Å². The molecule has 0 aromatic carbocycles. The minimum atomic E-state index is -0.0896. The van der Waals surface area contributed by atoms with Crippen LogP contribution in [0.25, 0.3) is 0 Å². The molecule has 0 aromatic heterocycles. The summed E-state index contributed by atoms with van der Waals surface area (Å²) >= 11 is 0. The SMILES string of the molecule is C/C(=N\O)[C@H]1CC[C@H]2[C@@H]3CCC4=C/C(=N/O)CC[C@]4(C)[C@H]3C(=O)C[C@]12C. The number of hydrogen-bond donors (Lipinski definition) is 2. The number of ketones is 1. The zero-order valence-corrected chi connectivity index (χ0v) is 16.0. The van der Waals surface area contributed by atoms with Crippen LogP contribution in [0, 0.1) is 34.5 Å². The van der Waals surface area contributed by atoms with E-state index in [1.54, 1.807) is 0 Å². The monoisotopic (exact) mass is 358 g/mol. The molecule has 0 saturated heterocycles. The predicted octanol–water partition coefficient (Wildman–Crippen LogP) is 4.42. The van der Waals surface area contributed by atoms with E-state index in [0.29, 0.717) is 24.0 Å². The van der Waals surface area contributed by atoms with Crippen LogP contribution in [-0.4, -0.2) is 27.6 Å². The van der Waals surface area contributed by atoms with Crippen LogP contribution in [0.1, 0.15) is 65.7 Å². The van der Waals surface area contributed by atoms with Crippen molar-refractivity contribution in [2.45, 2.75) is 65.7 Å². The molecule has 4 aliphatic rings. The second-order valence-corrected chi connectivity index (χ2v) is 9.49. The number of allylic oxidation sites excluding steroid dienone is 2. The Morgan fingerprint density at radius 1 is 1.19 bits per heavy atom. The maximum absolute atomic E-state index is 13.4. The van der Waals surface area contributed by atoms with Crippen molar-refractivity contribution < 1.29 is 15.2 Å². The highest BCUT2D eigenvalue weighted by molar-refractivity contribution is 5.97. The van der Waals surface area contributed by atoms with Crippen molar-refractivity contribution in [3.8, 4) is 0 Å². The molecular formula is C21H30N2O3. The maximum Gasteiger partial charge on any atom is 0.137 e. The van der Waals surface area contributed by atoms with Gasteiger partial charge >= 0.3 is 0 Å². The Balaban J connectivity index is 1.72. The fraction of sp³-hybridized carbons (Fsp3) is 0.762. The minimum Gasteiger partial charge on any atom is -0.411 e. The van der Waals surface area contributed by atoms with E-state index in [1.165, 1.54) is 5.57 Å². The third-order valence-corrected chi connectivity index (χ3v) is 8.46. The fourth-order valence-electron chi connectivity index (χ4n) is 7.23. The first-order valence-corrected chi connectivity index (χ1v) is 9.98. The van der Waals surface area contributed by atoms with Crippen molar-refractivity contribution in [3.05, 3.63) is 11.6 Å². The Kier molecular flexibility index (Phi) is 4.05. The normalized spacial score (nSPS) is 47.2. The number of fused-ring (bicyclic) bond motifs is 5. The molecular weight excluding hydrogens is 328 g/mol. The number of Topliss-reactive ketones (excluding diaryl/α,β-unsaturated/α-hetero) is 1. The lowest BCUT2D eigenvalue weighted by molar-refractivity contribution is -0.144. The van der Waals surface area contributed by atoms with Gasteiger partial charge in [-0.3, -0.25) is 4.79 Å². The molecule has 3 saturated carbocycles. The van der Waals surface area contributed by atoms with Gasteiger partial charge < -0.3 is 10.4 Å². The van der Waals surface area contributed by atoms with Crippen molar-refractivity contribution >= 4 is 17.2 Å². The summed E-state index contributed by atoms with van der Waals surface area (Å²) in [4.78, 5) is 13.4. The third-order valence-electron chi connectivity index (χ3n) is 8.46. The maximum atomic E-state index is 13.4. The first kappa shape index (κ1) is 17.7. The Hall–Kier alpha value is -1.65. The lowest BCUT2D eigenvalue weighted by Crippen LogP contribution is -2.55. The van der Waals surface area contributed by atoms with Gasteiger partial charge in [0.2, 0.25) is 0 Å². The molecule has 4 aliphatic carbocycles. The van der Waals surface area contributed by atoms with Gasteiger partial charge in [0.05, 0.1) is 11.4 Å². The quantitative estimate of drug-likeness (QED) is 0.413. The Morgan fingerprint density at radius 3 is 2.65 bits per heavy atom. The summed E-state index contributed by atoms with van der Waals surface area (Å²) in [6.07, 6.45) is 8.46. The highest BCUT2D eigenvalue weighted by Gasteiger charge is 2.62. The standard InChI is InChI=1S/C21H30N2O3/c1-12(22-25)16-6-7-17-15-5-4-13-10-14(23-26)8-9-20(13,2)19(15)18(24)11-21(16,17)3/h10,15-17,19,25-26H,4-9,11H2,1-3H3/b22-12+,23-14+/t15-,16+,17-,19+,20-,21+/m0/s1. The molecule has 3 fully saturated rings. The van der Waals surface area contributed by atoms with E-state index in [0.717, 1.165) is 49.9 Å². The van der Waals surface area contributed by atoms with Gasteiger partial charge in [0.25, 0.3) is 0 Å². The molecule has 0 aromatic rings. The first-order valence-electron chi connectivity index (χ1n) is 9.98. The van der Waals surface area contributed by atoms with E-state index in [9.17, 15) is 10.0 Å². The summed E-state index contributed by atoms with van der Waals surface area (Å²) in [6.45, 7) is 6.41. The first-order chi connectivity index (χ1) is 12.3. The summed E-state index contributed by atoms with van der Waals surface area (Å²) in [5.41, 5.74) is 2.68. The van der Waals surface area contributed by atoms with E-state index >= 15 is 0 Å². The molecule has 0 spiro atoms. The molecule has 5 heteroatoms. The van der Waals surface area contributed by atoms with Crippen molar-refractivity contribution in [2.75, 3.05) is 0 Å². The number of nitrogens with zero attached hydrogens (tertiary/aromatic N) is 2. The van der Waals surface area contributed by atoms with Crippen molar-refractivity contribution in [2.24, 2.45) is 44.8 Å². The fourth-order valence-corrected chi connectivity index (χ4v) is 7.23. The van der Waals surface area contributed by atoms with Gasteiger partial charge in [-0.2, -0.15) is 0 Å². The second-order valence-electron chi connectivity index (χ2n) is 9.49. The summed E-state index contributed by atoms with van der Waals surface area (Å²) in [5.74, 6) is 1.65. The van der Waals surface area contributed by atoms with Gasteiger partial charge in [-0.15, -0.1) is 0 Å². The van der Waals surface area contributed by atoms with E-state index < -0.39 is 0 Å². The van der Waals surface area contributed by atoms with Crippen LogP contribution in [0.5, 0.6) is 0 Å². The zero-order chi connectivity index (χ0) is 18.7. The molecule has 0 amide bonds. The largest absolute Gasteiger partial charge is 0.411 e. The number of hydrogen-bond acceptors (Lipinski definition) is 5. The molecule has 0 radical (unpaired) electrons. The predicted molar refractivity (Wildman–Crippen MR) is 99.7 cm³/mol. The van der Waals surface area contributed by atoms with Gasteiger partial charge in [0.1, 0.15) is 5.78 Å². The smallest absolute Gasteiger partial charge is 0.137 e. The van der Waals surface area contributed by atoms with Crippen LogP contribution in [0.2, 0.25) is 0 Å². The number of oxime groups is 2. The van der Waals surface area contributed by atoms with Crippen LogP contribution in [-0.2, 0) is 4.79 Å². The molecule has 5 nitrogen and oxygen atoms in total. The summed E-state index contributed by atoms with van der Waals surface area (Å²) in [6, 6.07) is 0. The molecule has 6 atom stereocenters. The van der Waals surface area contributed by atoms with Crippen molar-refractivity contribution in [3.63, 3.8) is 0 Å². The van der Waals surface area contributed by atoms with Crippen LogP contribution in [0.15, 0.2) is 22.0 Å². The van der Waals surface area contributed by atoms with E-state index in [2.05, 4.69) is 24.2 Å². The average molecular weight is 358 g/mol. The lowest BCUT2D eigenvalue weighted by Gasteiger charge is -2.57. The Bertz CT molecular complexity index is 725. The van der Waals surface area contributed by atoms with Crippen LogP contribution < -0.4 is 0 Å². The lowest BCUT2D eigenvalue weighted by atomic mass is 9.46. The van der Waals surface area contributed by atoms with Crippen molar-refractivity contribution in [1.29, 1.82) is 0 Å². The van der Waals surface area contributed by atoms with E-state index in [-0.39, 0.29) is 22.7 Å². The molecule has 0 unspecified atom stereocenters. The Morgan fingerprint density at radius 2 is 1.96 bits per heavy atom. The summed E-state index contributed by atoms with van der Waals surface area (Å²) < 4.78 is 0. The van der Waals surface area contributed by atoms with Gasteiger partial charge in [0, 0.05) is 18.3 Å². The summed E-state index contributed by atoms with van der Waals surface area (Å²) in [7, 11) is 0. The Labute approximate surface area is 155 Å². The number of carbonyl (C=O) groups is 1. The molecule has 0 heterocycles. The molecule has 4 rings (SSSR count). The average Bonchev–Trinajstić information content (AvgIpc) is 2.96. The van der Waals surface area contributed by atoms with Gasteiger partial charge in [0.15, 0.2) is 0 Å². The third kappa shape index (κ3) is 2.25. The van der Waals surface area contributed by atoms with Crippen LogP contribution in [0.3, 0.4) is 0 Å². The van der Waals surface area contributed by atoms with Gasteiger partial charge in [-0.1, -0.05) is 29.7 Å². The van der Waals surface area contributed by atoms with Crippen LogP contribution in [0.4, 0.5) is 0 Å². The minimum absolute atomic E-state index is 0.0709. The molecule has 0 aliphatic heterocycles. The van der Waals surface area contributed by atoms with Crippen molar-refractivity contribution in [1.82, 2.24) is 0 Å². The molecule has 0 bridgehead atoms. The molecule has 142 valence electrons. The van der Waals surface area contributed by atoms with Gasteiger partial charge in [-0.25, -0.2) is 0 Å². The zero-order valence-electron chi connectivity index (χ0n) is 16.0. The second kappa shape index (κ2) is 5.93.